The third-order valence-corrected chi connectivity index (χ3v) is 5.66. The quantitative estimate of drug-likeness (QED) is 0.438. The minimum Gasteiger partial charge on any atom is -0.479 e. The molecule has 0 saturated carbocycles. The highest BCUT2D eigenvalue weighted by Gasteiger charge is 2.31. The summed E-state index contributed by atoms with van der Waals surface area (Å²) in [5.74, 6) is 1.09. The van der Waals surface area contributed by atoms with E-state index in [1.807, 2.05) is 11.5 Å². The van der Waals surface area contributed by atoms with Gasteiger partial charge in [0.05, 0.1) is 37.8 Å². The molecule has 0 spiro atoms. The van der Waals surface area contributed by atoms with Gasteiger partial charge in [0.15, 0.2) is 17.0 Å². The van der Waals surface area contributed by atoms with Crippen molar-refractivity contribution in [2.75, 3.05) is 38.3 Å². The van der Waals surface area contributed by atoms with Gasteiger partial charge in [0, 0.05) is 25.8 Å². The highest BCUT2D eigenvalue weighted by molar-refractivity contribution is 5.84. The molecule has 1 aliphatic rings. The second-order valence-electron chi connectivity index (χ2n) is 7.72. The van der Waals surface area contributed by atoms with Crippen LogP contribution in [-0.2, 0) is 17.5 Å². The van der Waals surface area contributed by atoms with Crippen LogP contribution in [-0.4, -0.2) is 62.7 Å². The number of anilines is 1. The minimum atomic E-state index is -4.46. The van der Waals surface area contributed by atoms with E-state index in [0.717, 1.165) is 12.1 Å². The smallest absolute Gasteiger partial charge is 0.416 e. The van der Waals surface area contributed by atoms with Crippen molar-refractivity contribution in [1.82, 2.24) is 29.3 Å². The molecule has 0 unspecified atom stereocenters. The van der Waals surface area contributed by atoms with Gasteiger partial charge >= 0.3 is 6.18 Å². The molecule has 9 nitrogen and oxygen atoms in total. The second-order valence-corrected chi connectivity index (χ2v) is 7.72. The van der Waals surface area contributed by atoms with Crippen LogP contribution in [0.15, 0.2) is 36.8 Å². The standard InChI is InChI=1S/C22H22F3N7O2/c1-3-30-13-26-17-18(30)27-21(28-19(17)31-7-9-34-10-8-31)32-12-16(20(29-32)33-2)14-5-4-6-15(11-14)22(23,24)25/h4-6,11-13H,3,7-10H2,1-2H3. The number of aromatic nitrogens is 6. The molecule has 4 aromatic rings. The summed E-state index contributed by atoms with van der Waals surface area (Å²) < 4.78 is 53.9. The summed E-state index contributed by atoms with van der Waals surface area (Å²) in [4.78, 5) is 16.0. The number of rotatable bonds is 5. The number of alkyl halides is 3. The van der Waals surface area contributed by atoms with E-state index in [9.17, 15) is 13.2 Å². The average molecular weight is 473 g/mol. The lowest BCUT2D eigenvalue weighted by Gasteiger charge is -2.28. The van der Waals surface area contributed by atoms with E-state index in [2.05, 4.69) is 20.0 Å². The number of benzene rings is 1. The van der Waals surface area contributed by atoms with Crippen molar-refractivity contribution in [3.05, 3.63) is 42.4 Å². The summed E-state index contributed by atoms with van der Waals surface area (Å²) in [6.07, 6.45) is -1.17. The predicted octanol–water partition coefficient (Wildman–Crippen LogP) is 3.56. The molecule has 34 heavy (non-hydrogen) atoms. The Morgan fingerprint density at radius 1 is 1.15 bits per heavy atom. The van der Waals surface area contributed by atoms with Crippen LogP contribution < -0.4 is 9.64 Å². The van der Waals surface area contributed by atoms with Gasteiger partial charge in [-0.25, -0.2) is 9.67 Å². The topological polar surface area (TPSA) is 83.1 Å². The molecule has 1 saturated heterocycles. The zero-order valence-corrected chi connectivity index (χ0v) is 18.6. The summed E-state index contributed by atoms with van der Waals surface area (Å²) in [7, 11) is 1.42. The molecule has 0 atom stereocenters. The zero-order chi connectivity index (χ0) is 23.9. The third kappa shape index (κ3) is 3.94. The monoisotopic (exact) mass is 473 g/mol. The number of morpholine rings is 1. The van der Waals surface area contributed by atoms with Gasteiger partial charge in [-0.15, -0.1) is 5.10 Å². The third-order valence-electron chi connectivity index (χ3n) is 5.66. The average Bonchev–Trinajstić information content (AvgIpc) is 3.47. The Labute approximate surface area is 192 Å². The predicted molar refractivity (Wildman–Crippen MR) is 118 cm³/mol. The van der Waals surface area contributed by atoms with Crippen LogP contribution in [0.1, 0.15) is 12.5 Å². The van der Waals surface area contributed by atoms with Gasteiger partial charge in [-0.05, 0) is 24.6 Å². The summed E-state index contributed by atoms with van der Waals surface area (Å²) in [6.45, 7) is 5.10. The number of hydrogen-bond acceptors (Lipinski definition) is 7. The van der Waals surface area contributed by atoms with Gasteiger partial charge in [0.2, 0.25) is 5.88 Å². The molecule has 0 radical (unpaired) electrons. The van der Waals surface area contributed by atoms with Crippen LogP contribution in [0.25, 0.3) is 28.2 Å². The molecular weight excluding hydrogens is 451 g/mol. The van der Waals surface area contributed by atoms with Crippen LogP contribution in [0.5, 0.6) is 5.88 Å². The fourth-order valence-electron chi connectivity index (χ4n) is 3.92. The van der Waals surface area contributed by atoms with Crippen LogP contribution in [0.2, 0.25) is 0 Å². The largest absolute Gasteiger partial charge is 0.479 e. The molecule has 1 aromatic carbocycles. The second kappa shape index (κ2) is 8.60. The van der Waals surface area contributed by atoms with Gasteiger partial charge in [-0.3, -0.25) is 0 Å². The normalized spacial score (nSPS) is 14.7. The fourth-order valence-corrected chi connectivity index (χ4v) is 3.92. The highest BCUT2D eigenvalue weighted by Crippen LogP contribution is 2.35. The molecule has 5 rings (SSSR count). The van der Waals surface area contributed by atoms with Gasteiger partial charge in [-0.2, -0.15) is 23.1 Å². The van der Waals surface area contributed by atoms with Gasteiger partial charge in [-0.1, -0.05) is 12.1 Å². The van der Waals surface area contributed by atoms with Crippen molar-refractivity contribution < 1.29 is 22.6 Å². The molecule has 4 heterocycles. The van der Waals surface area contributed by atoms with Gasteiger partial charge < -0.3 is 18.9 Å². The van der Waals surface area contributed by atoms with E-state index in [4.69, 9.17) is 14.5 Å². The first-order valence-electron chi connectivity index (χ1n) is 10.8. The van der Waals surface area contributed by atoms with E-state index < -0.39 is 11.7 Å². The Kier molecular flexibility index (Phi) is 5.60. The van der Waals surface area contributed by atoms with E-state index in [-0.39, 0.29) is 11.8 Å². The Hall–Kier alpha value is -3.67. The van der Waals surface area contributed by atoms with Crippen LogP contribution in [0.3, 0.4) is 0 Å². The summed E-state index contributed by atoms with van der Waals surface area (Å²) >= 11 is 0. The first-order chi connectivity index (χ1) is 16.4. The molecule has 0 bridgehead atoms. The summed E-state index contributed by atoms with van der Waals surface area (Å²) in [5, 5.41) is 4.42. The first-order valence-corrected chi connectivity index (χ1v) is 10.8. The molecule has 1 aliphatic heterocycles. The number of aryl methyl sites for hydroxylation is 1. The number of methoxy groups -OCH3 is 1. The number of hydrogen-bond donors (Lipinski definition) is 0. The van der Waals surface area contributed by atoms with Crippen LogP contribution in [0, 0.1) is 0 Å². The van der Waals surface area contributed by atoms with E-state index in [1.165, 1.54) is 17.9 Å². The maximum atomic E-state index is 13.3. The number of nitrogens with zero attached hydrogens (tertiary/aromatic N) is 7. The molecule has 3 aromatic heterocycles. The van der Waals surface area contributed by atoms with Crippen molar-refractivity contribution in [2.45, 2.75) is 19.6 Å². The van der Waals surface area contributed by atoms with Crippen LogP contribution >= 0.6 is 0 Å². The number of ether oxygens (including phenoxy) is 2. The molecule has 1 fully saturated rings. The maximum absolute atomic E-state index is 13.3. The number of imidazole rings is 1. The summed E-state index contributed by atoms with van der Waals surface area (Å²) in [6, 6.07) is 5.03. The zero-order valence-electron chi connectivity index (χ0n) is 18.6. The molecular formula is C22H22F3N7O2. The summed E-state index contributed by atoms with van der Waals surface area (Å²) in [5.41, 5.74) is 1.29. The Morgan fingerprint density at radius 3 is 2.65 bits per heavy atom. The van der Waals surface area contributed by atoms with Crippen molar-refractivity contribution in [3.63, 3.8) is 0 Å². The molecule has 0 N–H and O–H groups in total. The van der Waals surface area contributed by atoms with Crippen molar-refractivity contribution in [3.8, 4) is 23.0 Å². The molecule has 178 valence electrons. The Bertz CT molecular complexity index is 1330. The van der Waals surface area contributed by atoms with Crippen LogP contribution in [0.4, 0.5) is 19.0 Å². The van der Waals surface area contributed by atoms with E-state index in [0.29, 0.717) is 61.0 Å². The van der Waals surface area contributed by atoms with E-state index in [1.54, 1.807) is 18.6 Å². The molecule has 0 aliphatic carbocycles. The van der Waals surface area contributed by atoms with Crippen molar-refractivity contribution in [1.29, 1.82) is 0 Å². The maximum Gasteiger partial charge on any atom is 0.416 e. The highest BCUT2D eigenvalue weighted by atomic mass is 19.4. The van der Waals surface area contributed by atoms with Crippen molar-refractivity contribution >= 4 is 17.0 Å². The minimum absolute atomic E-state index is 0.167. The van der Waals surface area contributed by atoms with E-state index >= 15 is 0 Å². The van der Waals surface area contributed by atoms with Gasteiger partial charge in [0.25, 0.3) is 5.95 Å². The van der Waals surface area contributed by atoms with Crippen molar-refractivity contribution in [2.24, 2.45) is 0 Å². The Morgan fingerprint density at radius 2 is 1.94 bits per heavy atom. The number of fused-ring (bicyclic) bond motifs is 1. The number of halogens is 3. The Balaban J connectivity index is 1.64. The lowest BCUT2D eigenvalue weighted by Crippen LogP contribution is -2.37. The fraction of sp³-hybridized carbons (Fsp3) is 0.364. The molecule has 12 heteroatoms. The SMILES string of the molecule is CCn1cnc2c(N3CCOCC3)nc(-n3cc(-c4cccc(C(F)(F)F)c4)c(OC)n3)nc21. The lowest BCUT2D eigenvalue weighted by molar-refractivity contribution is -0.137. The lowest BCUT2D eigenvalue weighted by atomic mass is 10.1. The first kappa shape index (κ1) is 22.1. The molecule has 0 amide bonds. The van der Waals surface area contributed by atoms with Gasteiger partial charge in [0.1, 0.15) is 0 Å².